The molecule has 6 heteroatoms. The van der Waals surface area contributed by atoms with Crippen LogP contribution >= 0.6 is 0 Å². The maximum absolute atomic E-state index is 12.4. The lowest BCUT2D eigenvalue weighted by molar-refractivity contribution is -0.135. The highest BCUT2D eigenvalue weighted by atomic mass is 16.4. The van der Waals surface area contributed by atoms with E-state index in [1.165, 1.54) is 0 Å². The summed E-state index contributed by atoms with van der Waals surface area (Å²) in [7, 11) is 2.08. The molecule has 2 aromatic rings. The Morgan fingerprint density at radius 1 is 1.30 bits per heavy atom. The number of carbonyl (C=O) groups is 1. The topological polar surface area (TPSA) is 58.7 Å². The lowest BCUT2D eigenvalue weighted by Gasteiger charge is -2.38. The van der Waals surface area contributed by atoms with Crippen molar-refractivity contribution in [2.24, 2.45) is 0 Å². The standard InChI is InChI=1S/C17H23N3O3/c1-13-12-18(2)10-11-19(13)16(21)8-5-9-20-14-6-3-4-7-15(14)23-17(20)22/h3-4,6-7,13H,5,8-12H2,1-2H3/t13-/m1/s1. The number of hydrogen-bond acceptors (Lipinski definition) is 4. The molecule has 1 aromatic heterocycles. The Balaban J connectivity index is 1.59. The number of oxazole rings is 1. The van der Waals surface area contributed by atoms with Gasteiger partial charge in [-0.15, -0.1) is 0 Å². The average Bonchev–Trinajstić information content (AvgIpc) is 2.83. The van der Waals surface area contributed by atoms with E-state index in [0.717, 1.165) is 25.2 Å². The first-order valence-electron chi connectivity index (χ1n) is 8.12. The van der Waals surface area contributed by atoms with Gasteiger partial charge in [0.15, 0.2) is 5.58 Å². The van der Waals surface area contributed by atoms with E-state index in [0.29, 0.717) is 25.0 Å². The molecule has 0 spiro atoms. The zero-order valence-corrected chi connectivity index (χ0v) is 13.7. The Morgan fingerprint density at radius 2 is 2.09 bits per heavy atom. The summed E-state index contributed by atoms with van der Waals surface area (Å²) in [5, 5.41) is 0. The van der Waals surface area contributed by atoms with E-state index in [4.69, 9.17) is 4.42 Å². The van der Waals surface area contributed by atoms with Crippen LogP contribution < -0.4 is 5.76 Å². The smallest absolute Gasteiger partial charge is 0.408 e. The van der Waals surface area contributed by atoms with Crippen molar-refractivity contribution in [1.29, 1.82) is 0 Å². The van der Waals surface area contributed by atoms with Gasteiger partial charge >= 0.3 is 5.76 Å². The van der Waals surface area contributed by atoms with Gasteiger partial charge in [-0.3, -0.25) is 9.36 Å². The van der Waals surface area contributed by atoms with Crippen molar-refractivity contribution >= 4 is 17.0 Å². The van der Waals surface area contributed by atoms with Gasteiger partial charge in [-0.25, -0.2) is 4.79 Å². The summed E-state index contributed by atoms with van der Waals surface area (Å²) in [6.07, 6.45) is 1.10. The number of carbonyl (C=O) groups excluding carboxylic acids is 1. The highest BCUT2D eigenvalue weighted by Gasteiger charge is 2.25. The lowest BCUT2D eigenvalue weighted by atomic mass is 10.1. The second-order valence-electron chi connectivity index (χ2n) is 6.29. The largest absolute Gasteiger partial charge is 0.419 e. The Labute approximate surface area is 135 Å². The molecule has 23 heavy (non-hydrogen) atoms. The second-order valence-corrected chi connectivity index (χ2v) is 6.29. The number of rotatable bonds is 4. The molecule has 0 N–H and O–H groups in total. The molecule has 1 saturated heterocycles. The summed E-state index contributed by atoms with van der Waals surface area (Å²) in [6.45, 7) is 5.20. The summed E-state index contributed by atoms with van der Waals surface area (Å²) in [4.78, 5) is 28.5. The van der Waals surface area contributed by atoms with Crippen LogP contribution in [-0.4, -0.2) is 53.0 Å². The zero-order chi connectivity index (χ0) is 16.4. The molecule has 1 aliphatic heterocycles. The number of fused-ring (bicyclic) bond motifs is 1. The van der Waals surface area contributed by atoms with Crippen LogP contribution in [0.3, 0.4) is 0 Å². The monoisotopic (exact) mass is 317 g/mol. The maximum atomic E-state index is 12.4. The van der Waals surface area contributed by atoms with Gasteiger partial charge in [-0.05, 0) is 32.5 Å². The molecule has 3 rings (SSSR count). The third-order valence-corrected chi connectivity index (χ3v) is 4.50. The van der Waals surface area contributed by atoms with Gasteiger partial charge in [-0.1, -0.05) is 12.1 Å². The quantitative estimate of drug-likeness (QED) is 0.858. The van der Waals surface area contributed by atoms with Crippen molar-refractivity contribution in [3.8, 4) is 0 Å². The zero-order valence-electron chi connectivity index (χ0n) is 13.7. The maximum Gasteiger partial charge on any atom is 0.419 e. The van der Waals surface area contributed by atoms with Crippen LogP contribution in [-0.2, 0) is 11.3 Å². The van der Waals surface area contributed by atoms with E-state index in [1.54, 1.807) is 10.6 Å². The van der Waals surface area contributed by atoms with E-state index in [2.05, 4.69) is 18.9 Å². The van der Waals surface area contributed by atoms with Crippen molar-refractivity contribution in [1.82, 2.24) is 14.4 Å². The Bertz CT molecular complexity index is 749. The second kappa shape index (κ2) is 6.58. The fraction of sp³-hybridized carbons (Fsp3) is 0.529. The van der Waals surface area contributed by atoms with Gasteiger partial charge in [0.2, 0.25) is 5.91 Å². The number of hydrogen-bond donors (Lipinski definition) is 0. The molecule has 1 aromatic carbocycles. The minimum absolute atomic E-state index is 0.173. The fourth-order valence-corrected chi connectivity index (χ4v) is 3.27. The summed E-state index contributed by atoms with van der Waals surface area (Å²) < 4.78 is 6.82. The normalized spacial score (nSPS) is 19.4. The Kier molecular flexibility index (Phi) is 4.52. The highest BCUT2D eigenvalue weighted by Crippen LogP contribution is 2.14. The van der Waals surface area contributed by atoms with Crippen LogP contribution in [0.4, 0.5) is 0 Å². The SMILES string of the molecule is C[C@@H]1CN(C)CCN1C(=O)CCCn1c(=O)oc2ccccc21. The van der Waals surface area contributed by atoms with Crippen LogP contribution in [0.2, 0.25) is 0 Å². The summed E-state index contributed by atoms with van der Waals surface area (Å²) in [6, 6.07) is 7.62. The van der Waals surface area contributed by atoms with Crippen LogP contribution in [0, 0.1) is 0 Å². The predicted molar refractivity (Wildman–Crippen MR) is 88.4 cm³/mol. The van der Waals surface area contributed by atoms with Crippen molar-refractivity contribution < 1.29 is 9.21 Å². The molecule has 124 valence electrons. The number of aromatic nitrogens is 1. The molecule has 1 atom stereocenters. The molecule has 1 fully saturated rings. The third-order valence-electron chi connectivity index (χ3n) is 4.50. The molecule has 0 unspecified atom stereocenters. The molecule has 6 nitrogen and oxygen atoms in total. The molecule has 0 saturated carbocycles. The van der Waals surface area contributed by atoms with Gasteiger partial charge in [0.25, 0.3) is 0 Å². The molecule has 1 amide bonds. The van der Waals surface area contributed by atoms with Crippen molar-refractivity contribution in [3.05, 3.63) is 34.8 Å². The number of likely N-dealkylation sites (N-methyl/N-ethyl adjacent to an activating group) is 1. The minimum Gasteiger partial charge on any atom is -0.408 e. The molecule has 2 heterocycles. The van der Waals surface area contributed by atoms with E-state index in [1.807, 2.05) is 23.1 Å². The summed E-state index contributed by atoms with van der Waals surface area (Å²) >= 11 is 0. The number of para-hydroxylation sites is 2. The molecule has 0 aliphatic carbocycles. The average molecular weight is 317 g/mol. The van der Waals surface area contributed by atoms with Gasteiger partial charge in [0.05, 0.1) is 5.52 Å². The number of nitrogens with zero attached hydrogens (tertiary/aromatic N) is 3. The highest BCUT2D eigenvalue weighted by molar-refractivity contribution is 5.76. The first-order valence-corrected chi connectivity index (χ1v) is 8.12. The van der Waals surface area contributed by atoms with Gasteiger partial charge in [0, 0.05) is 38.6 Å². The number of amides is 1. The first kappa shape index (κ1) is 15.8. The summed E-state index contributed by atoms with van der Waals surface area (Å²) in [5.41, 5.74) is 1.38. The molecular formula is C17H23N3O3. The van der Waals surface area contributed by atoms with Crippen LogP contribution in [0.25, 0.3) is 11.1 Å². The van der Waals surface area contributed by atoms with Crippen molar-refractivity contribution in [3.63, 3.8) is 0 Å². The molecule has 0 radical (unpaired) electrons. The van der Waals surface area contributed by atoms with Gasteiger partial charge in [-0.2, -0.15) is 0 Å². The first-order chi connectivity index (χ1) is 11.1. The van der Waals surface area contributed by atoms with Crippen LogP contribution in [0.15, 0.2) is 33.5 Å². The fourth-order valence-electron chi connectivity index (χ4n) is 3.27. The number of piperazine rings is 1. The van der Waals surface area contributed by atoms with Gasteiger partial charge in [0.1, 0.15) is 0 Å². The number of aryl methyl sites for hydroxylation is 1. The third kappa shape index (κ3) is 3.32. The van der Waals surface area contributed by atoms with Crippen molar-refractivity contribution in [2.75, 3.05) is 26.7 Å². The minimum atomic E-state index is -0.355. The van der Waals surface area contributed by atoms with Crippen LogP contribution in [0.5, 0.6) is 0 Å². The van der Waals surface area contributed by atoms with E-state index in [9.17, 15) is 9.59 Å². The molecule has 0 bridgehead atoms. The molecular weight excluding hydrogens is 294 g/mol. The van der Waals surface area contributed by atoms with Crippen molar-refractivity contribution in [2.45, 2.75) is 32.4 Å². The Hall–Kier alpha value is -2.08. The molecule has 1 aliphatic rings. The summed E-state index contributed by atoms with van der Waals surface area (Å²) in [5.74, 6) is -0.182. The van der Waals surface area contributed by atoms with E-state index < -0.39 is 0 Å². The number of benzene rings is 1. The van der Waals surface area contributed by atoms with E-state index in [-0.39, 0.29) is 17.7 Å². The van der Waals surface area contributed by atoms with E-state index >= 15 is 0 Å². The Morgan fingerprint density at radius 3 is 2.87 bits per heavy atom. The van der Waals surface area contributed by atoms with Gasteiger partial charge < -0.3 is 14.2 Å². The van der Waals surface area contributed by atoms with Crippen LogP contribution in [0.1, 0.15) is 19.8 Å². The lowest BCUT2D eigenvalue weighted by Crippen LogP contribution is -2.52. The predicted octanol–water partition coefficient (Wildman–Crippen LogP) is 1.54.